The van der Waals surface area contributed by atoms with Crippen molar-refractivity contribution in [3.05, 3.63) is 91.0 Å². The number of hydrogen-bond acceptors (Lipinski definition) is 8. The fourth-order valence-corrected chi connectivity index (χ4v) is 10.8. The van der Waals surface area contributed by atoms with Crippen molar-refractivity contribution in [3.63, 3.8) is 0 Å². The molecule has 4 aromatic rings. The van der Waals surface area contributed by atoms with Crippen molar-refractivity contribution in [2.75, 3.05) is 22.9 Å². The van der Waals surface area contributed by atoms with Gasteiger partial charge in [-0.05, 0) is 116 Å². The summed E-state index contributed by atoms with van der Waals surface area (Å²) >= 11 is 3.89. The number of phenols is 4. The molecule has 0 spiro atoms. The average molecular weight is 1030 g/mol. The van der Waals surface area contributed by atoms with Crippen LogP contribution in [0.1, 0.15) is 243 Å². The molecule has 8 nitrogen and oxygen atoms in total. The minimum Gasteiger partial charge on any atom is -0.508 e. The molecule has 0 atom stereocenters. The van der Waals surface area contributed by atoms with E-state index in [4.69, 9.17) is 26.8 Å². The van der Waals surface area contributed by atoms with E-state index in [1.54, 1.807) is 12.1 Å². The quantitative estimate of drug-likeness (QED) is 0.0800. The molecule has 0 unspecified atom stereocenters. The van der Waals surface area contributed by atoms with Gasteiger partial charge in [-0.3, -0.25) is 0 Å². The van der Waals surface area contributed by atoms with Crippen LogP contribution in [0.3, 0.4) is 0 Å². The Morgan fingerprint density at radius 3 is 0.606 bits per heavy atom. The highest BCUT2D eigenvalue weighted by molar-refractivity contribution is 5.85. The lowest BCUT2D eigenvalue weighted by Crippen LogP contribution is -2.21. The van der Waals surface area contributed by atoms with Crippen LogP contribution in [0.25, 0.3) is 0 Å². The van der Waals surface area contributed by atoms with Gasteiger partial charge in [-0.2, -0.15) is 0 Å². The highest BCUT2D eigenvalue weighted by Crippen LogP contribution is 2.46. The van der Waals surface area contributed by atoms with Gasteiger partial charge in [0.1, 0.15) is 24.2 Å². The van der Waals surface area contributed by atoms with Gasteiger partial charge < -0.3 is 43.4 Å². The molecule has 0 heterocycles. The van der Waals surface area contributed by atoms with Gasteiger partial charge in [-0.25, -0.2) is 0 Å². The van der Waals surface area contributed by atoms with Crippen molar-refractivity contribution in [2.24, 2.45) is 0 Å². The molecule has 0 amide bonds. The first-order chi connectivity index (χ1) is 31.7. The van der Waals surface area contributed by atoms with E-state index in [-0.39, 0.29) is 86.7 Å². The van der Waals surface area contributed by atoms with Crippen molar-refractivity contribution >= 4 is 47.5 Å². The predicted molar refractivity (Wildman–Crippen MR) is 320 cm³/mol. The second kappa shape index (κ2) is 23.8. The standard InChI is InChI=1S/4C15H25NO.CH4.2ClH/c4*1-9-12(14(2,3)4)10(16)8-11(17)13(9)15(5,6)7;;;/h4*8,17H,16H2,1-7H3;1H4;2*1H/i2*8D;;;;;/hD. The number of hydrogen-bond donors (Lipinski definition) is 8. The molecule has 0 aliphatic heterocycles. The largest absolute Gasteiger partial charge is 0.508 e. The van der Waals surface area contributed by atoms with Crippen molar-refractivity contribution in [1.29, 1.82) is 1.17 Å². The van der Waals surface area contributed by atoms with Crippen molar-refractivity contribution in [2.45, 2.75) is 245 Å². The molecule has 0 aliphatic rings. The van der Waals surface area contributed by atoms with Gasteiger partial charge in [0.15, 0.2) is 0 Å². The van der Waals surface area contributed by atoms with Crippen molar-refractivity contribution in [1.82, 2.24) is 0 Å². The van der Waals surface area contributed by atoms with Crippen LogP contribution in [0, 0.1) is 27.7 Å². The summed E-state index contributed by atoms with van der Waals surface area (Å²) < 4.78 is 21.2. The van der Waals surface area contributed by atoms with Gasteiger partial charge in [0.05, 0.1) is 2.74 Å². The van der Waals surface area contributed by atoms with E-state index in [9.17, 15) is 20.4 Å². The molecule has 4 rings (SSSR count). The fourth-order valence-electron chi connectivity index (χ4n) is 10.8. The van der Waals surface area contributed by atoms with Crippen molar-refractivity contribution < 1.29 is 23.2 Å². The summed E-state index contributed by atoms with van der Waals surface area (Å²) in [6, 6.07) is 3.48. The number of aromatic hydroxyl groups is 4. The smallest absolute Gasteiger partial charge is 0.147 e. The summed E-state index contributed by atoms with van der Waals surface area (Å²) in [5, 5.41) is 40.7. The summed E-state index contributed by atoms with van der Waals surface area (Å²) in [6.45, 7) is 58.3. The van der Waals surface area contributed by atoms with Gasteiger partial charge in [0.25, 0.3) is 0 Å². The molecule has 10 heteroatoms. The molecule has 12 N–H and O–H groups in total. The molecule has 0 aromatic heterocycles. The molecule has 0 bridgehead atoms. The molecule has 408 valence electrons. The summed E-state index contributed by atoms with van der Waals surface area (Å²) in [6.07, 6.45) is 0. The average Bonchev–Trinajstić information content (AvgIpc) is 3.09. The van der Waals surface area contributed by atoms with Crippen LogP contribution in [0.4, 0.5) is 22.7 Å². The summed E-state index contributed by atoms with van der Waals surface area (Å²) in [5.74, 6) is 0.650. The maximum atomic E-state index is 10.2. The number of rotatable bonds is 0. The Morgan fingerprint density at radius 2 is 0.451 bits per heavy atom. The van der Waals surface area contributed by atoms with E-state index in [0.29, 0.717) is 34.2 Å². The Bertz CT molecular complexity index is 2220. The number of halogens is 2. The maximum absolute atomic E-state index is 10.2. The van der Waals surface area contributed by atoms with Crippen LogP contribution in [0.15, 0.2) is 24.2 Å². The molecule has 4 aromatic carbocycles. The predicted octanol–water partition coefficient (Wildman–Crippen LogP) is 17.0. The second-order valence-electron chi connectivity index (χ2n) is 27.2. The zero-order valence-corrected chi connectivity index (χ0v) is 50.6. The Hall–Kier alpha value is -4.14. The molecule has 71 heavy (non-hydrogen) atoms. The lowest BCUT2D eigenvalue weighted by Gasteiger charge is -2.30. The third kappa shape index (κ3) is 17.5. The Morgan fingerprint density at radius 1 is 0.310 bits per heavy atom. The normalized spacial score (nSPS) is 12.8. The highest BCUT2D eigenvalue weighted by atomic mass is 35.5. The molecule has 0 fully saturated rings. The van der Waals surface area contributed by atoms with E-state index < -0.39 is 0 Å². The first-order valence-corrected chi connectivity index (χ1v) is 24.2. The van der Waals surface area contributed by atoms with Gasteiger partial charge >= 0.3 is 0 Å². The zero-order chi connectivity index (χ0) is 58.1. The van der Waals surface area contributed by atoms with Gasteiger partial charge in [0.2, 0.25) is 0 Å². The maximum Gasteiger partial charge on any atom is 0.147 e. The third-order valence-corrected chi connectivity index (χ3v) is 12.2. The van der Waals surface area contributed by atoms with Crippen LogP contribution in [0.2, 0.25) is 0 Å². The van der Waals surface area contributed by atoms with E-state index in [1.165, 1.54) is 0 Å². The highest BCUT2D eigenvalue weighted by Gasteiger charge is 2.32. The van der Waals surface area contributed by atoms with Crippen LogP contribution < -0.4 is 22.9 Å². The zero-order valence-electron chi connectivity index (χ0n) is 52.0. The lowest BCUT2D eigenvalue weighted by molar-refractivity contribution is 0.442. The number of anilines is 4. The topological polar surface area (TPSA) is 185 Å². The van der Waals surface area contributed by atoms with Crippen LogP contribution in [0.5, 0.6) is 23.0 Å². The molecular weight excluding hydrogens is 924 g/mol. The minimum atomic E-state index is -0.211. The van der Waals surface area contributed by atoms with E-state index in [1.807, 2.05) is 55.4 Å². The number of nitrogens with two attached hydrogens (primary N) is 4. The molecule has 0 saturated heterocycles. The molecule has 0 saturated carbocycles. The molecular formula is C61H106Cl2N4O4. The number of phenolic OH excluding ortho intramolecular Hbond substituents is 4. The Balaban J connectivity index is -0.000000890. The number of benzene rings is 4. The monoisotopic (exact) mass is 1030 g/mol. The molecule has 0 radical (unpaired) electrons. The summed E-state index contributed by atoms with van der Waals surface area (Å²) in [5.41, 5.74) is 37.5. The van der Waals surface area contributed by atoms with Crippen LogP contribution in [-0.2, 0) is 43.3 Å². The first kappa shape index (κ1) is 64.9. The van der Waals surface area contributed by atoms with Gasteiger partial charge in [-0.15, -0.1) is 24.7 Å². The minimum absolute atomic E-state index is 0. The lowest BCUT2D eigenvalue weighted by atomic mass is 9.75. The summed E-state index contributed by atoms with van der Waals surface area (Å²) in [4.78, 5) is 0. The summed E-state index contributed by atoms with van der Waals surface area (Å²) in [7, 11) is 0. The van der Waals surface area contributed by atoms with Gasteiger partial charge in [0, 0.05) is 69.2 Å². The Labute approximate surface area is 451 Å². The first-order valence-electron chi connectivity index (χ1n) is 25.6. The second-order valence-corrected chi connectivity index (χ2v) is 27.2. The van der Waals surface area contributed by atoms with Crippen LogP contribution >= 0.6 is 24.7 Å². The van der Waals surface area contributed by atoms with Gasteiger partial charge in [-0.1, -0.05) is 174 Å². The van der Waals surface area contributed by atoms with E-state index in [2.05, 4.69) is 151 Å². The fraction of sp³-hybridized carbons (Fsp3) is 0.607. The van der Waals surface area contributed by atoms with E-state index in [0.717, 1.165) is 66.8 Å². The SMILES string of the molecule is C.Cc1c(C(C)(C)C)c(N)cc(O)c1C(C)(C)C.Cc1c(C(C)(C)C)c(N)cc(O)c1C(C)(C)C.Cl.[2H]Cl.[2H]c1c(N)c(C(C)(C)C)c(C)c(C(C)(C)C)c1O.[2H]c1c(N)c(C(C)(C)C)c(C)c(C(C)(C)C)c1O. The third-order valence-electron chi connectivity index (χ3n) is 12.2. The Kier molecular flexibility index (Phi) is 21.8. The van der Waals surface area contributed by atoms with E-state index >= 15 is 0 Å². The van der Waals surface area contributed by atoms with Crippen LogP contribution in [-0.4, -0.2) is 21.6 Å². The van der Waals surface area contributed by atoms with Crippen molar-refractivity contribution in [3.8, 4) is 23.0 Å². The molecule has 0 aliphatic carbocycles. The number of nitrogen functional groups attached to an aromatic ring is 4.